The summed E-state index contributed by atoms with van der Waals surface area (Å²) in [6.45, 7) is 2.79. The third-order valence-corrected chi connectivity index (χ3v) is 7.18. The highest BCUT2D eigenvalue weighted by Crippen LogP contribution is 2.30. The molecular formula is C31H35N5O9. The van der Waals surface area contributed by atoms with Gasteiger partial charge >= 0.3 is 18.0 Å². The summed E-state index contributed by atoms with van der Waals surface area (Å²) in [6, 6.07) is 12.9. The van der Waals surface area contributed by atoms with Crippen LogP contribution in [0.5, 0.6) is 11.5 Å². The van der Waals surface area contributed by atoms with E-state index in [1.54, 1.807) is 55.5 Å². The van der Waals surface area contributed by atoms with Crippen molar-refractivity contribution >= 4 is 40.7 Å². The monoisotopic (exact) mass is 621 g/mol. The van der Waals surface area contributed by atoms with Gasteiger partial charge in [-0.15, -0.1) is 0 Å². The fourth-order valence-corrected chi connectivity index (χ4v) is 4.85. The molecule has 3 aromatic rings. The standard InChI is InChI=1S/C31H35N5O9/c1-2-44-31(43)36-14-12-35(13-15-36)29(40)24(10-11-27(37)38)34-28(39)25-18-26(21-8-3-4-9-23(21)33-25)45-20-7-5-6-19(16-20)17-22(32)30(41)42/h3-9,16,18,22,24H,2,10-15,17,32H2,1H3,(H,34,39)(H,37,38)(H,41,42)/t22?,24-/m0/s1. The summed E-state index contributed by atoms with van der Waals surface area (Å²) < 4.78 is 11.2. The number of fused-ring (bicyclic) bond motifs is 1. The van der Waals surface area contributed by atoms with Gasteiger partial charge in [0.2, 0.25) is 5.91 Å². The summed E-state index contributed by atoms with van der Waals surface area (Å²) >= 11 is 0. The van der Waals surface area contributed by atoms with Crippen molar-refractivity contribution in [2.75, 3.05) is 32.8 Å². The number of nitrogens with zero attached hydrogens (tertiary/aromatic N) is 3. The number of nitrogens with one attached hydrogen (secondary N) is 1. The third kappa shape index (κ3) is 8.66. The number of carbonyl (C=O) groups is 5. The Kier molecular flexibility index (Phi) is 10.9. The number of nitrogens with two attached hydrogens (primary N) is 1. The van der Waals surface area contributed by atoms with Crippen LogP contribution in [0.3, 0.4) is 0 Å². The van der Waals surface area contributed by atoms with Crippen molar-refractivity contribution in [3.8, 4) is 11.5 Å². The molecule has 3 amide bonds. The van der Waals surface area contributed by atoms with Crippen molar-refractivity contribution in [1.29, 1.82) is 0 Å². The highest BCUT2D eigenvalue weighted by molar-refractivity contribution is 5.99. The average Bonchev–Trinajstić information content (AvgIpc) is 3.02. The van der Waals surface area contributed by atoms with E-state index in [9.17, 15) is 29.1 Å². The first-order valence-electron chi connectivity index (χ1n) is 14.4. The molecule has 0 radical (unpaired) electrons. The Balaban J connectivity index is 1.55. The van der Waals surface area contributed by atoms with E-state index >= 15 is 0 Å². The van der Waals surface area contributed by atoms with Crippen molar-refractivity contribution in [2.45, 2.75) is 38.3 Å². The Morgan fingerprint density at radius 3 is 2.38 bits per heavy atom. The van der Waals surface area contributed by atoms with E-state index in [1.807, 2.05) is 0 Å². The minimum absolute atomic E-state index is 0.0620. The number of benzene rings is 2. The predicted octanol–water partition coefficient (Wildman–Crippen LogP) is 2.25. The zero-order chi connectivity index (χ0) is 32.5. The van der Waals surface area contributed by atoms with Crippen LogP contribution in [0, 0.1) is 0 Å². The Morgan fingerprint density at radius 1 is 0.978 bits per heavy atom. The Hall–Kier alpha value is -5.24. The second-order valence-corrected chi connectivity index (χ2v) is 10.4. The molecule has 2 aromatic carbocycles. The number of aromatic nitrogens is 1. The van der Waals surface area contributed by atoms with E-state index in [0.717, 1.165) is 0 Å². The molecule has 45 heavy (non-hydrogen) atoms. The quantitative estimate of drug-likeness (QED) is 0.231. The number of carboxylic acid groups (broad SMARTS) is 2. The maximum Gasteiger partial charge on any atom is 0.409 e. The lowest BCUT2D eigenvalue weighted by atomic mass is 10.1. The number of ether oxygens (including phenoxy) is 2. The molecule has 14 heteroatoms. The van der Waals surface area contributed by atoms with E-state index in [0.29, 0.717) is 22.2 Å². The third-order valence-electron chi connectivity index (χ3n) is 7.18. The van der Waals surface area contributed by atoms with Gasteiger partial charge in [-0.2, -0.15) is 0 Å². The summed E-state index contributed by atoms with van der Waals surface area (Å²) in [7, 11) is 0. The number of pyridine rings is 1. The summed E-state index contributed by atoms with van der Waals surface area (Å²) in [5, 5.41) is 21.7. The molecule has 1 unspecified atom stereocenters. The van der Waals surface area contributed by atoms with Gasteiger partial charge in [-0.05, 0) is 49.6 Å². The molecule has 1 aliphatic rings. The van der Waals surface area contributed by atoms with Crippen LogP contribution in [0.4, 0.5) is 4.79 Å². The molecule has 5 N–H and O–H groups in total. The Bertz CT molecular complexity index is 1570. The van der Waals surface area contributed by atoms with E-state index in [1.165, 1.54) is 15.9 Å². The molecule has 238 valence electrons. The molecule has 2 atom stereocenters. The van der Waals surface area contributed by atoms with E-state index in [4.69, 9.17) is 20.3 Å². The number of aliphatic carboxylic acids is 2. The molecule has 0 aliphatic carbocycles. The van der Waals surface area contributed by atoms with Crippen LogP contribution in [0.1, 0.15) is 35.8 Å². The van der Waals surface area contributed by atoms with Gasteiger partial charge in [0.15, 0.2) is 0 Å². The first kappa shape index (κ1) is 32.7. The second kappa shape index (κ2) is 15.0. The second-order valence-electron chi connectivity index (χ2n) is 10.4. The Morgan fingerprint density at radius 2 is 1.69 bits per heavy atom. The van der Waals surface area contributed by atoms with Crippen molar-refractivity contribution in [2.24, 2.45) is 5.73 Å². The maximum absolute atomic E-state index is 13.5. The first-order valence-corrected chi connectivity index (χ1v) is 14.4. The molecule has 1 aliphatic heterocycles. The average molecular weight is 622 g/mol. The lowest BCUT2D eigenvalue weighted by Gasteiger charge is -2.35. The molecule has 4 rings (SSSR count). The highest BCUT2D eigenvalue weighted by Gasteiger charge is 2.31. The zero-order valence-corrected chi connectivity index (χ0v) is 24.7. The normalized spacial score (nSPS) is 14.4. The largest absolute Gasteiger partial charge is 0.481 e. The number of hydrogen-bond donors (Lipinski definition) is 4. The number of carboxylic acids is 2. The molecule has 2 heterocycles. The topological polar surface area (TPSA) is 202 Å². The van der Waals surface area contributed by atoms with Crippen molar-refractivity contribution < 1.29 is 43.7 Å². The van der Waals surface area contributed by atoms with Crippen LogP contribution in [-0.4, -0.2) is 99.7 Å². The molecule has 14 nitrogen and oxygen atoms in total. The fourth-order valence-electron chi connectivity index (χ4n) is 4.85. The van der Waals surface area contributed by atoms with Gasteiger partial charge in [0, 0.05) is 44.1 Å². The molecule has 1 saturated heterocycles. The van der Waals surface area contributed by atoms with Crippen molar-refractivity contribution in [3.05, 3.63) is 65.9 Å². The van der Waals surface area contributed by atoms with Gasteiger partial charge < -0.3 is 40.5 Å². The van der Waals surface area contributed by atoms with E-state index in [2.05, 4.69) is 10.3 Å². The molecule has 1 fully saturated rings. The number of amides is 3. The van der Waals surface area contributed by atoms with Gasteiger partial charge in [0.25, 0.3) is 5.91 Å². The smallest absolute Gasteiger partial charge is 0.409 e. The molecular weight excluding hydrogens is 586 g/mol. The summed E-state index contributed by atoms with van der Waals surface area (Å²) in [4.78, 5) is 69.0. The first-order chi connectivity index (χ1) is 21.5. The number of para-hydroxylation sites is 1. The molecule has 0 bridgehead atoms. The Labute approximate surface area is 258 Å². The van der Waals surface area contributed by atoms with Crippen LogP contribution in [0.15, 0.2) is 54.6 Å². The van der Waals surface area contributed by atoms with Crippen LogP contribution in [-0.2, 0) is 25.5 Å². The van der Waals surface area contributed by atoms with Gasteiger partial charge in [0.05, 0.1) is 12.1 Å². The van der Waals surface area contributed by atoms with Crippen LogP contribution in [0.25, 0.3) is 10.9 Å². The lowest BCUT2D eigenvalue weighted by molar-refractivity contribution is -0.139. The van der Waals surface area contributed by atoms with Gasteiger partial charge in [-0.25, -0.2) is 9.78 Å². The number of rotatable bonds is 12. The molecule has 0 spiro atoms. The van der Waals surface area contributed by atoms with Crippen molar-refractivity contribution in [3.63, 3.8) is 0 Å². The highest BCUT2D eigenvalue weighted by atomic mass is 16.6. The van der Waals surface area contributed by atoms with E-state index < -0.39 is 41.9 Å². The summed E-state index contributed by atoms with van der Waals surface area (Å²) in [5.74, 6) is -2.77. The van der Waals surface area contributed by atoms with Crippen molar-refractivity contribution in [1.82, 2.24) is 20.1 Å². The summed E-state index contributed by atoms with van der Waals surface area (Å²) in [6.07, 6.45) is -0.904. The fraction of sp³-hybridized carbons (Fsp3) is 0.355. The predicted molar refractivity (Wildman–Crippen MR) is 161 cm³/mol. The lowest BCUT2D eigenvalue weighted by Crippen LogP contribution is -2.56. The zero-order valence-electron chi connectivity index (χ0n) is 24.7. The SMILES string of the molecule is CCOC(=O)N1CCN(C(=O)[C@H](CCC(=O)O)NC(=O)c2cc(Oc3cccc(CC(N)C(=O)O)c3)c3ccccc3n2)CC1. The van der Waals surface area contributed by atoms with Gasteiger partial charge in [-0.1, -0.05) is 24.3 Å². The maximum atomic E-state index is 13.5. The number of hydrogen-bond acceptors (Lipinski definition) is 9. The van der Waals surface area contributed by atoms with Gasteiger partial charge in [-0.3, -0.25) is 19.2 Å². The van der Waals surface area contributed by atoms with Crippen LogP contribution < -0.4 is 15.8 Å². The van der Waals surface area contributed by atoms with Gasteiger partial charge in [0.1, 0.15) is 29.3 Å². The minimum Gasteiger partial charge on any atom is -0.481 e. The molecule has 0 saturated carbocycles. The van der Waals surface area contributed by atoms with E-state index in [-0.39, 0.29) is 63.5 Å². The summed E-state index contributed by atoms with van der Waals surface area (Å²) in [5.41, 5.74) is 6.70. The minimum atomic E-state index is -1.16. The number of piperazine rings is 1. The molecule has 1 aromatic heterocycles. The number of carbonyl (C=O) groups excluding carboxylic acids is 3. The van der Waals surface area contributed by atoms with Crippen LogP contribution in [0.2, 0.25) is 0 Å². The van der Waals surface area contributed by atoms with Crippen LogP contribution >= 0.6 is 0 Å².